The van der Waals surface area contributed by atoms with Gasteiger partial charge in [0.25, 0.3) is 5.91 Å². The van der Waals surface area contributed by atoms with Crippen LogP contribution in [0.4, 0.5) is 0 Å². The number of nitrogens with one attached hydrogen (secondary N) is 1. The average Bonchev–Trinajstić information content (AvgIpc) is 3.12. The summed E-state index contributed by atoms with van der Waals surface area (Å²) >= 11 is 3.44. The Bertz CT molecular complexity index is 925. The highest BCUT2D eigenvalue weighted by Gasteiger charge is 2.27. The van der Waals surface area contributed by atoms with Crippen LogP contribution in [0.5, 0.6) is 0 Å². The minimum Gasteiger partial charge on any atom is -0.365 e. The van der Waals surface area contributed by atoms with Crippen molar-refractivity contribution in [3.63, 3.8) is 0 Å². The molecule has 0 saturated carbocycles. The molecular formula is C20H19BrN4O2. The van der Waals surface area contributed by atoms with Crippen molar-refractivity contribution in [2.75, 3.05) is 6.54 Å². The average molecular weight is 427 g/mol. The molecule has 0 fully saturated rings. The zero-order valence-corrected chi connectivity index (χ0v) is 16.2. The number of carbonyl (C=O) groups excluding carboxylic acids is 1. The molecule has 27 heavy (non-hydrogen) atoms. The predicted octanol–water partition coefficient (Wildman–Crippen LogP) is 3.28. The quantitative estimate of drug-likeness (QED) is 0.679. The molecule has 0 spiro atoms. The lowest BCUT2D eigenvalue weighted by atomic mass is 10.1. The van der Waals surface area contributed by atoms with Gasteiger partial charge in [-0.2, -0.15) is 0 Å². The summed E-state index contributed by atoms with van der Waals surface area (Å²) < 4.78 is 8.75. The van der Waals surface area contributed by atoms with Gasteiger partial charge in [0.05, 0.1) is 18.8 Å². The summed E-state index contributed by atoms with van der Waals surface area (Å²) in [5.74, 6) is -0.210. The van der Waals surface area contributed by atoms with E-state index in [1.807, 2.05) is 54.6 Å². The van der Waals surface area contributed by atoms with Gasteiger partial charge in [0.2, 0.25) is 0 Å². The summed E-state index contributed by atoms with van der Waals surface area (Å²) in [6.07, 6.45) is 0.680. The highest BCUT2D eigenvalue weighted by atomic mass is 79.9. The number of fused-ring (bicyclic) bond motifs is 1. The fraction of sp³-hybridized carbons (Fsp3) is 0.250. The van der Waals surface area contributed by atoms with E-state index in [4.69, 9.17) is 4.74 Å². The second kappa shape index (κ2) is 8.02. The summed E-state index contributed by atoms with van der Waals surface area (Å²) in [5.41, 5.74) is 3.33. The molecule has 1 aromatic heterocycles. The molecule has 1 amide bonds. The van der Waals surface area contributed by atoms with Gasteiger partial charge >= 0.3 is 0 Å². The molecule has 4 rings (SSSR count). The van der Waals surface area contributed by atoms with E-state index in [9.17, 15) is 4.79 Å². The number of carbonyl (C=O) groups is 1. The van der Waals surface area contributed by atoms with E-state index in [1.54, 1.807) is 4.68 Å². The molecule has 0 radical (unpaired) electrons. The summed E-state index contributed by atoms with van der Waals surface area (Å²) in [6, 6.07) is 18.1. The molecule has 1 N–H and O–H groups in total. The first-order valence-corrected chi connectivity index (χ1v) is 9.61. The van der Waals surface area contributed by atoms with Gasteiger partial charge < -0.3 is 10.1 Å². The smallest absolute Gasteiger partial charge is 0.273 e. The van der Waals surface area contributed by atoms with Gasteiger partial charge in [-0.15, -0.1) is 5.10 Å². The van der Waals surface area contributed by atoms with Crippen molar-refractivity contribution in [3.8, 4) is 0 Å². The second-order valence-electron chi connectivity index (χ2n) is 6.41. The Morgan fingerprint density at radius 1 is 1.19 bits per heavy atom. The van der Waals surface area contributed by atoms with E-state index in [-0.39, 0.29) is 12.0 Å². The fourth-order valence-electron chi connectivity index (χ4n) is 3.12. The van der Waals surface area contributed by atoms with Crippen LogP contribution >= 0.6 is 15.9 Å². The van der Waals surface area contributed by atoms with Crippen LogP contribution in [-0.4, -0.2) is 27.4 Å². The molecule has 7 heteroatoms. The number of nitrogens with zero attached hydrogens (tertiary/aromatic N) is 3. The third-order valence-electron chi connectivity index (χ3n) is 4.60. The van der Waals surface area contributed by atoms with Crippen LogP contribution in [0.1, 0.15) is 33.4 Å². The van der Waals surface area contributed by atoms with E-state index < -0.39 is 0 Å². The first-order chi connectivity index (χ1) is 13.2. The summed E-state index contributed by atoms with van der Waals surface area (Å²) in [6.45, 7) is 1.41. The molecule has 0 aliphatic carbocycles. The van der Waals surface area contributed by atoms with Crippen molar-refractivity contribution in [1.29, 1.82) is 0 Å². The van der Waals surface area contributed by atoms with E-state index in [1.165, 1.54) is 5.56 Å². The Kier molecular flexibility index (Phi) is 5.31. The standard InChI is InChI=1S/C20H19BrN4O2/c21-16-8-6-15(7-9-16)18-12-25-17(13-27-18)19(23-24-25)20(26)22-11-10-14-4-2-1-3-5-14/h1-9,18H,10-13H2,(H,22,26)/t18-/m0/s1. The van der Waals surface area contributed by atoms with E-state index >= 15 is 0 Å². The Labute approximate surface area is 165 Å². The lowest BCUT2D eigenvalue weighted by molar-refractivity contribution is -0.00177. The minimum atomic E-state index is -0.210. The molecule has 1 aliphatic rings. The summed E-state index contributed by atoms with van der Waals surface area (Å²) in [5, 5.41) is 11.2. The third kappa shape index (κ3) is 4.09. The molecule has 138 valence electrons. The molecule has 0 saturated heterocycles. The fourth-order valence-corrected chi connectivity index (χ4v) is 3.38. The number of rotatable bonds is 5. The molecule has 1 aliphatic heterocycles. The molecule has 0 bridgehead atoms. The SMILES string of the molecule is O=C(NCCc1ccccc1)c1nnn2c1CO[C@H](c1ccc(Br)cc1)C2. The normalized spacial score (nSPS) is 16.0. The van der Waals surface area contributed by atoms with Gasteiger partial charge in [0.15, 0.2) is 5.69 Å². The summed E-state index contributed by atoms with van der Waals surface area (Å²) in [4.78, 5) is 12.5. The Morgan fingerprint density at radius 2 is 1.96 bits per heavy atom. The van der Waals surface area contributed by atoms with Gasteiger partial charge in [-0.1, -0.05) is 63.6 Å². The van der Waals surface area contributed by atoms with Crippen molar-refractivity contribution in [3.05, 3.63) is 81.6 Å². The number of halogens is 1. The maximum absolute atomic E-state index is 12.5. The van der Waals surface area contributed by atoms with Crippen LogP contribution in [0.3, 0.4) is 0 Å². The Balaban J connectivity index is 1.39. The zero-order valence-electron chi connectivity index (χ0n) is 14.6. The van der Waals surface area contributed by atoms with Crippen molar-refractivity contribution in [2.45, 2.75) is 25.7 Å². The maximum Gasteiger partial charge on any atom is 0.273 e. The van der Waals surface area contributed by atoms with Crippen molar-refractivity contribution in [2.24, 2.45) is 0 Å². The van der Waals surface area contributed by atoms with E-state index in [0.717, 1.165) is 22.2 Å². The highest BCUT2D eigenvalue weighted by Crippen LogP contribution is 2.27. The number of hydrogen-bond acceptors (Lipinski definition) is 4. The van der Waals surface area contributed by atoms with Crippen molar-refractivity contribution in [1.82, 2.24) is 20.3 Å². The van der Waals surface area contributed by atoms with Crippen LogP contribution < -0.4 is 5.32 Å². The molecule has 2 heterocycles. The number of hydrogen-bond donors (Lipinski definition) is 1. The topological polar surface area (TPSA) is 69.0 Å². The van der Waals surface area contributed by atoms with Crippen LogP contribution in [0.2, 0.25) is 0 Å². The van der Waals surface area contributed by atoms with Gasteiger partial charge in [0.1, 0.15) is 6.10 Å². The highest BCUT2D eigenvalue weighted by molar-refractivity contribution is 9.10. The van der Waals surface area contributed by atoms with Crippen molar-refractivity contribution >= 4 is 21.8 Å². The van der Waals surface area contributed by atoms with Crippen LogP contribution in [0.25, 0.3) is 0 Å². The van der Waals surface area contributed by atoms with Crippen LogP contribution in [0, 0.1) is 0 Å². The van der Waals surface area contributed by atoms with Crippen molar-refractivity contribution < 1.29 is 9.53 Å². The lowest BCUT2D eigenvalue weighted by Gasteiger charge is -2.24. The van der Waals surface area contributed by atoms with E-state index in [0.29, 0.717) is 25.4 Å². The lowest BCUT2D eigenvalue weighted by Crippen LogP contribution is -2.29. The molecule has 3 aromatic rings. The van der Waals surface area contributed by atoms with Gasteiger partial charge in [-0.05, 0) is 29.7 Å². The van der Waals surface area contributed by atoms with Crippen LogP contribution in [0.15, 0.2) is 59.1 Å². The van der Waals surface area contributed by atoms with Gasteiger partial charge in [0, 0.05) is 11.0 Å². The van der Waals surface area contributed by atoms with E-state index in [2.05, 4.69) is 31.6 Å². The van der Waals surface area contributed by atoms with Crippen LogP contribution in [-0.2, 0) is 24.3 Å². The second-order valence-corrected chi connectivity index (χ2v) is 7.33. The maximum atomic E-state index is 12.5. The zero-order chi connectivity index (χ0) is 18.6. The largest absolute Gasteiger partial charge is 0.365 e. The number of benzene rings is 2. The van der Waals surface area contributed by atoms with Gasteiger partial charge in [-0.3, -0.25) is 4.79 Å². The predicted molar refractivity (Wildman–Crippen MR) is 104 cm³/mol. The number of aromatic nitrogens is 3. The molecular weight excluding hydrogens is 408 g/mol. The Morgan fingerprint density at radius 3 is 2.74 bits per heavy atom. The monoisotopic (exact) mass is 426 g/mol. The Hall–Kier alpha value is -2.51. The molecule has 6 nitrogen and oxygen atoms in total. The number of ether oxygens (including phenoxy) is 1. The van der Waals surface area contributed by atoms with Gasteiger partial charge in [-0.25, -0.2) is 4.68 Å². The third-order valence-corrected chi connectivity index (χ3v) is 5.13. The number of amides is 1. The first-order valence-electron chi connectivity index (χ1n) is 8.82. The molecule has 1 atom stereocenters. The minimum absolute atomic E-state index is 0.0960. The molecule has 2 aromatic carbocycles. The molecule has 0 unspecified atom stereocenters. The first kappa shape index (κ1) is 17.9. The summed E-state index contributed by atoms with van der Waals surface area (Å²) in [7, 11) is 0.